The normalized spacial score (nSPS) is 16.0. The highest BCUT2D eigenvalue weighted by Gasteiger charge is 2.21. The number of ether oxygens (including phenoxy) is 2. The van der Waals surface area contributed by atoms with Crippen molar-refractivity contribution in [2.45, 2.75) is 6.92 Å². The van der Waals surface area contributed by atoms with Crippen molar-refractivity contribution in [2.75, 3.05) is 13.2 Å². The fourth-order valence-electron chi connectivity index (χ4n) is 1.58. The number of amides is 1. The first kappa shape index (κ1) is 15.5. The summed E-state index contributed by atoms with van der Waals surface area (Å²) in [4.78, 5) is 23.3. The molecule has 0 saturated carbocycles. The van der Waals surface area contributed by atoms with Gasteiger partial charge in [-0.1, -0.05) is 36.1 Å². The first-order valence-electron chi connectivity index (χ1n) is 6.22. The van der Waals surface area contributed by atoms with E-state index in [2.05, 4.69) is 5.32 Å². The molecule has 5 nitrogen and oxygen atoms in total. The molecule has 21 heavy (non-hydrogen) atoms. The summed E-state index contributed by atoms with van der Waals surface area (Å²) in [5, 5.41) is 2.55. The maximum Gasteiger partial charge on any atom is 0.344 e. The number of esters is 1. The smallest absolute Gasteiger partial charge is 0.344 e. The van der Waals surface area contributed by atoms with Gasteiger partial charge in [0.25, 0.3) is 5.91 Å². The monoisotopic (exact) mass is 323 g/mol. The molecule has 0 aliphatic carbocycles. The van der Waals surface area contributed by atoms with Crippen LogP contribution in [0, 0.1) is 0 Å². The van der Waals surface area contributed by atoms with E-state index in [0.29, 0.717) is 21.6 Å². The van der Waals surface area contributed by atoms with Gasteiger partial charge in [-0.3, -0.25) is 4.79 Å². The molecule has 1 amide bonds. The summed E-state index contributed by atoms with van der Waals surface area (Å²) >= 11 is 6.15. The van der Waals surface area contributed by atoms with Crippen LogP contribution in [0.3, 0.4) is 0 Å². The summed E-state index contributed by atoms with van der Waals surface area (Å²) in [6.07, 6.45) is 1.74. The van der Waals surface area contributed by atoms with Crippen molar-refractivity contribution < 1.29 is 19.1 Å². The van der Waals surface area contributed by atoms with Crippen LogP contribution in [0.25, 0.3) is 6.08 Å². The molecule has 1 aromatic carbocycles. The molecular formula is C14H13NO4S2. The zero-order chi connectivity index (χ0) is 15.2. The molecule has 1 fully saturated rings. The van der Waals surface area contributed by atoms with Crippen LogP contribution in [0.1, 0.15) is 12.5 Å². The van der Waals surface area contributed by atoms with Crippen LogP contribution >= 0.6 is 24.0 Å². The van der Waals surface area contributed by atoms with Gasteiger partial charge in [-0.15, -0.1) is 0 Å². The number of carbonyl (C=O) groups excluding carboxylic acids is 2. The van der Waals surface area contributed by atoms with Crippen molar-refractivity contribution in [1.82, 2.24) is 5.32 Å². The Kier molecular flexibility index (Phi) is 5.35. The Balaban J connectivity index is 1.96. The highest BCUT2D eigenvalue weighted by atomic mass is 32.2. The second-order valence-corrected chi connectivity index (χ2v) is 5.73. The summed E-state index contributed by atoms with van der Waals surface area (Å²) in [6.45, 7) is 1.94. The summed E-state index contributed by atoms with van der Waals surface area (Å²) in [7, 11) is 0. The minimum Gasteiger partial charge on any atom is -0.482 e. The number of hydrogen-bond acceptors (Lipinski definition) is 6. The van der Waals surface area contributed by atoms with E-state index in [1.165, 1.54) is 11.8 Å². The lowest BCUT2D eigenvalue weighted by Gasteiger charge is -2.05. The van der Waals surface area contributed by atoms with Crippen molar-refractivity contribution in [3.05, 3.63) is 34.7 Å². The number of thiocarbonyl (C=S) groups is 1. The van der Waals surface area contributed by atoms with Gasteiger partial charge in [0, 0.05) is 0 Å². The molecular weight excluding hydrogens is 310 g/mol. The van der Waals surface area contributed by atoms with Gasteiger partial charge in [-0.2, -0.15) is 0 Å². The number of thioether (sulfide) groups is 1. The van der Waals surface area contributed by atoms with E-state index in [9.17, 15) is 9.59 Å². The van der Waals surface area contributed by atoms with Crippen molar-refractivity contribution in [1.29, 1.82) is 0 Å². The van der Waals surface area contributed by atoms with E-state index in [0.717, 1.165) is 5.56 Å². The molecule has 1 aliphatic rings. The van der Waals surface area contributed by atoms with Crippen molar-refractivity contribution in [2.24, 2.45) is 0 Å². The molecule has 0 unspecified atom stereocenters. The number of hydrogen-bond donors (Lipinski definition) is 1. The predicted molar refractivity (Wildman–Crippen MR) is 84.9 cm³/mol. The standard InChI is InChI=1S/C14H13NO4S2/c1-2-18-12(16)8-19-10-5-3-9(4-6-10)7-11-13(17)15-14(20)21-11/h3-7H,2,8H2,1H3,(H,15,17,20)/b11-7-. The number of nitrogens with one attached hydrogen (secondary N) is 1. The molecule has 7 heteroatoms. The molecule has 0 bridgehead atoms. The lowest BCUT2D eigenvalue weighted by Crippen LogP contribution is -2.17. The minimum absolute atomic E-state index is 0.124. The lowest BCUT2D eigenvalue weighted by molar-refractivity contribution is -0.145. The molecule has 110 valence electrons. The average molecular weight is 323 g/mol. The Morgan fingerprint density at radius 1 is 1.38 bits per heavy atom. The molecule has 0 aromatic heterocycles. The zero-order valence-electron chi connectivity index (χ0n) is 11.3. The molecule has 1 N–H and O–H groups in total. The van der Waals surface area contributed by atoms with E-state index < -0.39 is 5.97 Å². The van der Waals surface area contributed by atoms with E-state index in [1.54, 1.807) is 37.3 Å². The SMILES string of the molecule is CCOC(=O)COc1ccc(/C=C2\SC(=S)NC2=O)cc1. The van der Waals surface area contributed by atoms with Crippen LogP contribution in [0.4, 0.5) is 0 Å². The van der Waals surface area contributed by atoms with Crippen LogP contribution in [0.5, 0.6) is 5.75 Å². The fourth-order valence-corrected chi connectivity index (χ4v) is 2.62. The van der Waals surface area contributed by atoms with Gasteiger partial charge in [0.2, 0.25) is 0 Å². The van der Waals surface area contributed by atoms with Gasteiger partial charge in [-0.05, 0) is 30.7 Å². The van der Waals surface area contributed by atoms with E-state index >= 15 is 0 Å². The number of carbonyl (C=O) groups is 2. The van der Waals surface area contributed by atoms with Crippen molar-refractivity contribution in [3.8, 4) is 5.75 Å². The van der Waals surface area contributed by atoms with Crippen molar-refractivity contribution in [3.63, 3.8) is 0 Å². The minimum atomic E-state index is -0.406. The quantitative estimate of drug-likeness (QED) is 0.509. The summed E-state index contributed by atoms with van der Waals surface area (Å²) in [6, 6.07) is 7.04. The first-order chi connectivity index (χ1) is 10.1. The third-order valence-electron chi connectivity index (χ3n) is 2.48. The molecule has 1 heterocycles. The summed E-state index contributed by atoms with van der Waals surface area (Å²) < 4.78 is 10.5. The second kappa shape index (κ2) is 7.24. The average Bonchev–Trinajstić information content (AvgIpc) is 2.76. The Labute approximate surface area is 131 Å². The largest absolute Gasteiger partial charge is 0.482 e. The van der Waals surface area contributed by atoms with Gasteiger partial charge in [0.15, 0.2) is 6.61 Å². The van der Waals surface area contributed by atoms with Gasteiger partial charge in [-0.25, -0.2) is 4.79 Å². The zero-order valence-corrected chi connectivity index (χ0v) is 12.9. The van der Waals surface area contributed by atoms with Crippen LogP contribution in [0.15, 0.2) is 29.2 Å². The van der Waals surface area contributed by atoms with E-state index in [4.69, 9.17) is 21.7 Å². The van der Waals surface area contributed by atoms with Crippen LogP contribution in [0.2, 0.25) is 0 Å². The Morgan fingerprint density at radius 3 is 2.67 bits per heavy atom. The Morgan fingerprint density at radius 2 is 2.10 bits per heavy atom. The maximum absolute atomic E-state index is 11.5. The molecule has 0 spiro atoms. The molecule has 1 aliphatic heterocycles. The van der Waals surface area contributed by atoms with Gasteiger partial charge in [0.05, 0.1) is 11.5 Å². The van der Waals surface area contributed by atoms with Crippen LogP contribution in [-0.2, 0) is 14.3 Å². The molecule has 0 atom stereocenters. The Bertz CT molecular complexity index is 595. The van der Waals surface area contributed by atoms with Gasteiger partial charge in [0.1, 0.15) is 10.1 Å². The highest BCUT2D eigenvalue weighted by Crippen LogP contribution is 2.26. The maximum atomic E-state index is 11.5. The van der Waals surface area contributed by atoms with E-state index in [1.807, 2.05) is 0 Å². The predicted octanol–water partition coefficient (Wildman–Crippen LogP) is 2.12. The van der Waals surface area contributed by atoms with Gasteiger partial charge >= 0.3 is 5.97 Å². The third-order valence-corrected chi connectivity index (χ3v) is 3.64. The van der Waals surface area contributed by atoms with Gasteiger partial charge < -0.3 is 14.8 Å². The summed E-state index contributed by atoms with van der Waals surface area (Å²) in [5.74, 6) is -0.0341. The van der Waals surface area contributed by atoms with E-state index in [-0.39, 0.29) is 12.5 Å². The fraction of sp³-hybridized carbons (Fsp3) is 0.214. The third kappa shape index (κ3) is 4.57. The topological polar surface area (TPSA) is 64.6 Å². The number of benzene rings is 1. The number of rotatable bonds is 5. The second-order valence-electron chi connectivity index (χ2n) is 4.01. The molecule has 2 rings (SSSR count). The molecule has 0 radical (unpaired) electrons. The Hall–Kier alpha value is -1.86. The highest BCUT2D eigenvalue weighted by molar-refractivity contribution is 8.26. The molecule has 1 aromatic rings. The first-order valence-corrected chi connectivity index (χ1v) is 7.44. The lowest BCUT2D eigenvalue weighted by atomic mass is 10.2. The summed E-state index contributed by atoms with van der Waals surface area (Å²) in [5.41, 5.74) is 0.848. The van der Waals surface area contributed by atoms with Crippen LogP contribution in [-0.4, -0.2) is 29.4 Å². The molecule has 1 saturated heterocycles. The van der Waals surface area contributed by atoms with Crippen LogP contribution < -0.4 is 10.1 Å². The van der Waals surface area contributed by atoms with Crippen molar-refractivity contribution >= 4 is 46.3 Å².